The number of sulfonamides is 1. The van der Waals surface area contributed by atoms with Crippen LogP contribution in [0.3, 0.4) is 0 Å². The van der Waals surface area contributed by atoms with E-state index in [0.717, 1.165) is 31.4 Å². The minimum atomic E-state index is -3.00. The Morgan fingerprint density at radius 1 is 1.20 bits per heavy atom. The summed E-state index contributed by atoms with van der Waals surface area (Å²) in [6.45, 7) is 1.35. The van der Waals surface area contributed by atoms with Crippen LogP contribution in [0.1, 0.15) is 24.8 Å². The summed E-state index contributed by atoms with van der Waals surface area (Å²) in [5.41, 5.74) is 1.32. The Morgan fingerprint density at radius 3 is 2.30 bits per heavy atom. The fourth-order valence-electron chi connectivity index (χ4n) is 2.69. The van der Waals surface area contributed by atoms with Crippen LogP contribution in [0.15, 0.2) is 24.3 Å². The summed E-state index contributed by atoms with van der Waals surface area (Å²) in [6, 6.07) is 8.18. The molecule has 0 bridgehead atoms. The molecule has 1 fully saturated rings. The minimum absolute atomic E-state index is 0.634. The highest BCUT2D eigenvalue weighted by Gasteiger charge is 2.24. The van der Waals surface area contributed by atoms with Crippen molar-refractivity contribution in [1.82, 2.24) is 4.31 Å². The first-order valence-corrected chi connectivity index (χ1v) is 8.92. The minimum Gasteiger partial charge on any atom is -0.497 e. The van der Waals surface area contributed by atoms with Gasteiger partial charge in [0, 0.05) is 13.1 Å². The van der Waals surface area contributed by atoms with Crippen molar-refractivity contribution in [2.24, 2.45) is 5.92 Å². The van der Waals surface area contributed by atoms with Gasteiger partial charge in [0.1, 0.15) is 5.75 Å². The van der Waals surface area contributed by atoms with Gasteiger partial charge in [0.05, 0.1) is 13.4 Å². The second kappa shape index (κ2) is 6.59. The average Bonchev–Trinajstić information content (AvgIpc) is 2.45. The molecule has 0 aromatic heterocycles. The van der Waals surface area contributed by atoms with E-state index in [4.69, 9.17) is 4.74 Å². The summed E-state index contributed by atoms with van der Waals surface area (Å²) < 4.78 is 29.6. The van der Waals surface area contributed by atoms with E-state index in [2.05, 4.69) is 12.1 Å². The van der Waals surface area contributed by atoms with Gasteiger partial charge in [-0.25, -0.2) is 12.7 Å². The molecule has 0 amide bonds. The number of piperidine rings is 1. The van der Waals surface area contributed by atoms with Crippen molar-refractivity contribution in [3.63, 3.8) is 0 Å². The molecule has 1 aromatic carbocycles. The Labute approximate surface area is 121 Å². The van der Waals surface area contributed by atoms with E-state index in [1.165, 1.54) is 11.8 Å². The highest BCUT2D eigenvalue weighted by molar-refractivity contribution is 7.88. The van der Waals surface area contributed by atoms with Crippen molar-refractivity contribution >= 4 is 10.0 Å². The zero-order chi connectivity index (χ0) is 14.6. The predicted molar refractivity (Wildman–Crippen MR) is 80.5 cm³/mol. The van der Waals surface area contributed by atoms with Crippen molar-refractivity contribution in [3.8, 4) is 5.75 Å². The van der Waals surface area contributed by atoms with Gasteiger partial charge in [-0.3, -0.25) is 0 Å². The van der Waals surface area contributed by atoms with Gasteiger partial charge < -0.3 is 4.74 Å². The maximum Gasteiger partial charge on any atom is 0.211 e. The molecule has 0 saturated carbocycles. The molecule has 1 heterocycles. The monoisotopic (exact) mass is 297 g/mol. The largest absolute Gasteiger partial charge is 0.497 e. The van der Waals surface area contributed by atoms with Crippen molar-refractivity contribution in [2.45, 2.75) is 25.7 Å². The number of benzene rings is 1. The Kier molecular flexibility index (Phi) is 5.05. The number of ether oxygens (including phenoxy) is 1. The van der Waals surface area contributed by atoms with Crippen molar-refractivity contribution < 1.29 is 13.2 Å². The quantitative estimate of drug-likeness (QED) is 0.838. The molecule has 2 rings (SSSR count). The SMILES string of the molecule is COc1ccc(CCC2CCN(S(C)(=O)=O)CC2)cc1. The zero-order valence-electron chi connectivity index (χ0n) is 12.2. The summed E-state index contributed by atoms with van der Waals surface area (Å²) in [6.07, 6.45) is 5.43. The fraction of sp³-hybridized carbons (Fsp3) is 0.600. The Bertz CT molecular complexity index is 517. The molecule has 20 heavy (non-hydrogen) atoms. The van der Waals surface area contributed by atoms with Gasteiger partial charge in [-0.05, 0) is 49.3 Å². The van der Waals surface area contributed by atoms with Crippen LogP contribution in [0, 0.1) is 5.92 Å². The van der Waals surface area contributed by atoms with E-state index in [0.29, 0.717) is 19.0 Å². The Hall–Kier alpha value is -1.07. The van der Waals surface area contributed by atoms with E-state index < -0.39 is 10.0 Å². The lowest BCUT2D eigenvalue weighted by Crippen LogP contribution is -2.37. The van der Waals surface area contributed by atoms with Crippen LogP contribution in [0.4, 0.5) is 0 Å². The van der Waals surface area contributed by atoms with Gasteiger partial charge >= 0.3 is 0 Å². The summed E-state index contributed by atoms with van der Waals surface area (Å²) in [5.74, 6) is 1.52. The van der Waals surface area contributed by atoms with Crippen molar-refractivity contribution in [1.29, 1.82) is 0 Å². The number of nitrogens with zero attached hydrogens (tertiary/aromatic N) is 1. The molecular formula is C15H23NO3S. The molecule has 112 valence electrons. The second-order valence-electron chi connectivity index (χ2n) is 5.49. The molecule has 1 aromatic rings. The lowest BCUT2D eigenvalue weighted by molar-refractivity contribution is 0.265. The van der Waals surface area contributed by atoms with E-state index in [1.807, 2.05) is 12.1 Å². The topological polar surface area (TPSA) is 46.6 Å². The zero-order valence-corrected chi connectivity index (χ0v) is 13.0. The first kappa shape index (κ1) is 15.3. The molecule has 4 nitrogen and oxygen atoms in total. The maximum absolute atomic E-state index is 11.4. The van der Waals surface area contributed by atoms with Crippen LogP contribution in [0.25, 0.3) is 0 Å². The third-order valence-electron chi connectivity index (χ3n) is 4.04. The van der Waals surface area contributed by atoms with E-state index in [-0.39, 0.29) is 0 Å². The predicted octanol–water partition coefficient (Wildman–Crippen LogP) is 2.30. The van der Waals surface area contributed by atoms with Gasteiger partial charge in [0.25, 0.3) is 0 Å². The number of methoxy groups -OCH3 is 1. The third kappa shape index (κ3) is 4.21. The van der Waals surface area contributed by atoms with Crippen molar-refractivity contribution in [2.75, 3.05) is 26.5 Å². The van der Waals surface area contributed by atoms with Crippen LogP contribution >= 0.6 is 0 Å². The van der Waals surface area contributed by atoms with Crippen LogP contribution in [0.5, 0.6) is 5.75 Å². The van der Waals surface area contributed by atoms with Crippen LogP contribution in [-0.2, 0) is 16.4 Å². The Morgan fingerprint density at radius 2 is 1.80 bits per heavy atom. The summed E-state index contributed by atoms with van der Waals surface area (Å²) in [5, 5.41) is 0. The standard InChI is InChI=1S/C15H23NO3S/c1-19-15-7-5-13(6-8-15)3-4-14-9-11-16(12-10-14)20(2,17)18/h5-8,14H,3-4,9-12H2,1-2H3. The van der Waals surface area contributed by atoms with Gasteiger partial charge in [-0.2, -0.15) is 0 Å². The number of rotatable bonds is 5. The first-order chi connectivity index (χ1) is 9.49. The average molecular weight is 297 g/mol. The number of hydrogen-bond donors (Lipinski definition) is 0. The molecule has 0 radical (unpaired) electrons. The first-order valence-electron chi connectivity index (χ1n) is 7.07. The molecule has 1 aliphatic rings. The third-order valence-corrected chi connectivity index (χ3v) is 5.35. The highest BCUT2D eigenvalue weighted by Crippen LogP contribution is 2.24. The molecule has 5 heteroatoms. The smallest absolute Gasteiger partial charge is 0.211 e. The van der Waals surface area contributed by atoms with Gasteiger partial charge in [-0.1, -0.05) is 12.1 Å². The normalized spacial score (nSPS) is 18.1. The summed E-state index contributed by atoms with van der Waals surface area (Å²) in [4.78, 5) is 0. The maximum atomic E-state index is 11.4. The molecule has 0 unspecified atom stereocenters. The van der Waals surface area contributed by atoms with Gasteiger partial charge in [-0.15, -0.1) is 0 Å². The molecule has 1 saturated heterocycles. The number of hydrogen-bond acceptors (Lipinski definition) is 3. The van der Waals surface area contributed by atoms with Crippen LogP contribution in [-0.4, -0.2) is 39.2 Å². The summed E-state index contributed by atoms with van der Waals surface area (Å²) >= 11 is 0. The van der Waals surface area contributed by atoms with Gasteiger partial charge in [0.2, 0.25) is 10.0 Å². The summed E-state index contributed by atoms with van der Waals surface area (Å²) in [7, 11) is -1.33. The van der Waals surface area contributed by atoms with Crippen LogP contribution < -0.4 is 4.74 Å². The van der Waals surface area contributed by atoms with E-state index >= 15 is 0 Å². The lowest BCUT2D eigenvalue weighted by atomic mass is 9.91. The highest BCUT2D eigenvalue weighted by atomic mass is 32.2. The second-order valence-corrected chi connectivity index (χ2v) is 7.47. The molecular weight excluding hydrogens is 274 g/mol. The molecule has 0 atom stereocenters. The van der Waals surface area contributed by atoms with E-state index in [1.54, 1.807) is 11.4 Å². The molecule has 0 aliphatic carbocycles. The van der Waals surface area contributed by atoms with Crippen LogP contribution in [0.2, 0.25) is 0 Å². The lowest BCUT2D eigenvalue weighted by Gasteiger charge is -2.30. The molecule has 0 N–H and O–H groups in total. The molecule has 1 aliphatic heterocycles. The van der Waals surface area contributed by atoms with Crippen molar-refractivity contribution in [3.05, 3.63) is 29.8 Å². The number of aryl methyl sites for hydroxylation is 1. The van der Waals surface area contributed by atoms with Gasteiger partial charge in [0.15, 0.2) is 0 Å². The molecule has 0 spiro atoms. The van der Waals surface area contributed by atoms with E-state index in [9.17, 15) is 8.42 Å². The Balaban J connectivity index is 1.78. The fourth-order valence-corrected chi connectivity index (χ4v) is 3.57.